The summed E-state index contributed by atoms with van der Waals surface area (Å²) in [6, 6.07) is 0. The molecule has 0 atom stereocenters. The lowest BCUT2D eigenvalue weighted by atomic mass is 10.3. The fraction of sp³-hybridized carbons (Fsp3) is 0.727. The lowest BCUT2D eigenvalue weighted by Crippen LogP contribution is -2.42. The topological polar surface area (TPSA) is 75.7 Å². The van der Waals surface area contributed by atoms with Gasteiger partial charge in [0, 0.05) is 13.7 Å². The molecule has 0 aliphatic heterocycles. The van der Waals surface area contributed by atoms with Crippen molar-refractivity contribution in [1.82, 2.24) is 10.2 Å². The maximum absolute atomic E-state index is 11.5. The quantitative estimate of drug-likeness (QED) is 0.539. The molecule has 0 fully saturated rings. The number of nitrogens with one attached hydrogen (secondary N) is 1. The van der Waals surface area contributed by atoms with Gasteiger partial charge in [0.15, 0.2) is 0 Å². The van der Waals surface area contributed by atoms with E-state index >= 15 is 0 Å². The van der Waals surface area contributed by atoms with Gasteiger partial charge in [-0.2, -0.15) is 0 Å². The van der Waals surface area contributed by atoms with Crippen LogP contribution in [0.2, 0.25) is 0 Å². The molecule has 6 heteroatoms. The first-order chi connectivity index (χ1) is 7.95. The van der Waals surface area contributed by atoms with Crippen molar-refractivity contribution in [2.45, 2.75) is 13.8 Å². The number of amides is 1. The molecule has 6 nitrogen and oxygen atoms in total. The predicted molar refractivity (Wildman–Crippen MR) is 62.7 cm³/mol. The van der Waals surface area contributed by atoms with Crippen LogP contribution in [0.4, 0.5) is 0 Å². The van der Waals surface area contributed by atoms with E-state index in [-0.39, 0.29) is 37.1 Å². The Balaban J connectivity index is 4.07. The van der Waals surface area contributed by atoms with E-state index in [1.54, 1.807) is 7.11 Å². The second-order valence-electron chi connectivity index (χ2n) is 3.89. The molecule has 0 aromatic carbocycles. The number of methoxy groups -OCH3 is 1. The molecule has 98 valence electrons. The van der Waals surface area contributed by atoms with E-state index in [4.69, 9.17) is 4.74 Å². The molecule has 0 aliphatic carbocycles. The molecule has 0 saturated carbocycles. The van der Waals surface area contributed by atoms with E-state index in [1.165, 1.54) is 18.7 Å². The molecule has 0 aliphatic rings. The van der Waals surface area contributed by atoms with Gasteiger partial charge in [-0.15, -0.1) is 0 Å². The Bertz CT molecular complexity index is 263. The fourth-order valence-electron chi connectivity index (χ4n) is 1.35. The zero-order valence-electron chi connectivity index (χ0n) is 10.6. The summed E-state index contributed by atoms with van der Waals surface area (Å²) in [5, 5.41) is 2.63. The van der Waals surface area contributed by atoms with Crippen molar-refractivity contribution in [3.8, 4) is 0 Å². The lowest BCUT2D eigenvalue weighted by molar-refractivity contribution is -0.125. The second kappa shape index (κ2) is 8.83. The van der Waals surface area contributed by atoms with Gasteiger partial charge >= 0.3 is 0 Å². The van der Waals surface area contributed by atoms with Crippen LogP contribution in [0.3, 0.4) is 0 Å². The maximum Gasteiger partial charge on any atom is 0.234 e. The second-order valence-corrected chi connectivity index (χ2v) is 3.89. The molecular formula is C11H20N2O4. The third kappa shape index (κ3) is 9.65. The van der Waals surface area contributed by atoms with Crippen LogP contribution in [0.1, 0.15) is 13.8 Å². The number of Topliss-reactive ketones (excluding diaryl/α,β-unsaturated/α-hetero) is 2. The molecule has 0 bridgehead atoms. The SMILES string of the molecule is COCCNC(=O)CN(CC(C)=O)CC(C)=O. The molecule has 17 heavy (non-hydrogen) atoms. The predicted octanol–water partition coefficient (Wildman–Crippen LogP) is -0.771. The lowest BCUT2D eigenvalue weighted by Gasteiger charge is -2.18. The molecule has 0 heterocycles. The van der Waals surface area contributed by atoms with Crippen LogP contribution in [0.5, 0.6) is 0 Å². The molecule has 0 spiro atoms. The van der Waals surface area contributed by atoms with Crippen LogP contribution in [0, 0.1) is 0 Å². The first-order valence-corrected chi connectivity index (χ1v) is 5.42. The smallest absolute Gasteiger partial charge is 0.234 e. The summed E-state index contributed by atoms with van der Waals surface area (Å²) in [5.41, 5.74) is 0. The number of ether oxygens (including phenoxy) is 1. The Kier molecular flexibility index (Phi) is 8.17. The van der Waals surface area contributed by atoms with Crippen LogP contribution >= 0.6 is 0 Å². The van der Waals surface area contributed by atoms with Crippen molar-refractivity contribution in [2.24, 2.45) is 0 Å². The Morgan fingerprint density at radius 1 is 1.06 bits per heavy atom. The molecular weight excluding hydrogens is 224 g/mol. The molecule has 0 aromatic rings. The minimum absolute atomic E-state index is 0.0445. The van der Waals surface area contributed by atoms with E-state index in [0.717, 1.165) is 0 Å². The molecule has 0 rings (SSSR count). The van der Waals surface area contributed by atoms with Gasteiger partial charge in [0.05, 0.1) is 26.2 Å². The number of hydrogen-bond donors (Lipinski definition) is 1. The van der Waals surface area contributed by atoms with E-state index < -0.39 is 0 Å². The summed E-state index contributed by atoms with van der Waals surface area (Å²) < 4.78 is 4.79. The van der Waals surface area contributed by atoms with Crippen LogP contribution in [0.15, 0.2) is 0 Å². The highest BCUT2D eigenvalue weighted by atomic mass is 16.5. The van der Waals surface area contributed by atoms with E-state index in [0.29, 0.717) is 13.2 Å². The van der Waals surface area contributed by atoms with Gasteiger partial charge in [-0.1, -0.05) is 0 Å². The largest absolute Gasteiger partial charge is 0.383 e. The Morgan fingerprint density at radius 2 is 1.59 bits per heavy atom. The highest BCUT2D eigenvalue weighted by Gasteiger charge is 2.13. The fourth-order valence-corrected chi connectivity index (χ4v) is 1.35. The summed E-state index contributed by atoms with van der Waals surface area (Å²) in [5.74, 6) is -0.364. The third-order valence-corrected chi connectivity index (χ3v) is 1.89. The number of rotatable bonds is 9. The summed E-state index contributed by atoms with van der Waals surface area (Å²) in [6.07, 6.45) is 0. The number of ketones is 2. The highest BCUT2D eigenvalue weighted by Crippen LogP contribution is 1.90. The van der Waals surface area contributed by atoms with Crippen LogP contribution in [-0.4, -0.2) is 62.3 Å². The van der Waals surface area contributed by atoms with Crippen molar-refractivity contribution < 1.29 is 19.1 Å². The molecule has 0 unspecified atom stereocenters. The minimum Gasteiger partial charge on any atom is -0.383 e. The van der Waals surface area contributed by atoms with Gasteiger partial charge in [0.2, 0.25) is 5.91 Å². The highest BCUT2D eigenvalue weighted by molar-refractivity contribution is 5.83. The third-order valence-electron chi connectivity index (χ3n) is 1.89. The van der Waals surface area contributed by atoms with Gasteiger partial charge in [-0.05, 0) is 13.8 Å². The number of carbonyl (C=O) groups is 3. The first kappa shape index (κ1) is 15.7. The van der Waals surface area contributed by atoms with Gasteiger partial charge in [-0.3, -0.25) is 19.3 Å². The van der Waals surface area contributed by atoms with Gasteiger partial charge in [0.25, 0.3) is 0 Å². The normalized spacial score (nSPS) is 10.4. The number of hydrogen-bond acceptors (Lipinski definition) is 5. The van der Waals surface area contributed by atoms with Gasteiger partial charge in [-0.25, -0.2) is 0 Å². The zero-order valence-corrected chi connectivity index (χ0v) is 10.6. The number of carbonyl (C=O) groups excluding carboxylic acids is 3. The number of nitrogens with zero attached hydrogens (tertiary/aromatic N) is 1. The van der Waals surface area contributed by atoms with Gasteiger partial charge < -0.3 is 10.1 Å². The van der Waals surface area contributed by atoms with Crippen molar-refractivity contribution in [3.63, 3.8) is 0 Å². The Morgan fingerprint density at radius 3 is 2.00 bits per heavy atom. The van der Waals surface area contributed by atoms with Crippen molar-refractivity contribution >= 4 is 17.5 Å². The van der Waals surface area contributed by atoms with Crippen LogP contribution in [0.25, 0.3) is 0 Å². The molecule has 0 saturated heterocycles. The standard InChI is InChI=1S/C11H20N2O4/c1-9(14)6-13(7-10(2)15)8-11(16)12-4-5-17-3/h4-8H2,1-3H3,(H,12,16). The first-order valence-electron chi connectivity index (χ1n) is 5.42. The van der Waals surface area contributed by atoms with Crippen molar-refractivity contribution in [2.75, 3.05) is 39.9 Å². The summed E-state index contributed by atoms with van der Waals surface area (Å²) in [6.45, 7) is 3.97. The summed E-state index contributed by atoms with van der Waals surface area (Å²) in [4.78, 5) is 34.9. The molecule has 0 aromatic heterocycles. The van der Waals surface area contributed by atoms with E-state index in [2.05, 4.69) is 5.32 Å². The van der Waals surface area contributed by atoms with Gasteiger partial charge in [0.1, 0.15) is 11.6 Å². The van der Waals surface area contributed by atoms with Crippen LogP contribution < -0.4 is 5.32 Å². The van der Waals surface area contributed by atoms with Crippen LogP contribution in [-0.2, 0) is 19.1 Å². The molecule has 1 N–H and O–H groups in total. The maximum atomic E-state index is 11.5. The van der Waals surface area contributed by atoms with E-state index in [9.17, 15) is 14.4 Å². The summed E-state index contributed by atoms with van der Waals surface area (Å²) in [7, 11) is 1.55. The average molecular weight is 244 g/mol. The minimum atomic E-state index is -0.218. The summed E-state index contributed by atoms with van der Waals surface area (Å²) >= 11 is 0. The molecule has 0 radical (unpaired) electrons. The monoisotopic (exact) mass is 244 g/mol. The van der Waals surface area contributed by atoms with Crippen molar-refractivity contribution in [1.29, 1.82) is 0 Å². The van der Waals surface area contributed by atoms with E-state index in [1.807, 2.05) is 0 Å². The zero-order chi connectivity index (χ0) is 13.3. The molecule has 1 amide bonds. The Labute approximate surface area is 101 Å². The Hall–Kier alpha value is -1.27. The average Bonchev–Trinajstić information content (AvgIpc) is 2.15. The van der Waals surface area contributed by atoms with Crippen molar-refractivity contribution in [3.05, 3.63) is 0 Å².